The molecule has 0 aromatic heterocycles. The number of methoxy groups -OCH3 is 2. The molecule has 1 unspecified atom stereocenters. The quantitative estimate of drug-likeness (QED) is 0.502. The Kier molecular flexibility index (Phi) is 8.13. The van der Waals surface area contributed by atoms with Crippen LogP contribution >= 0.6 is 11.8 Å². The SMILES string of the molecule is COc1ccc(OC)c(NC(=O)C(C)OC(=O)CCSc2ccc(F)cc2)c1. The number of benzene rings is 2. The van der Waals surface area contributed by atoms with Crippen LogP contribution in [0.2, 0.25) is 0 Å². The third kappa shape index (κ3) is 6.45. The standard InChI is InChI=1S/C20H22FNO5S/c1-13(20(24)22-17-12-15(25-2)6-9-18(17)26-3)27-19(23)10-11-28-16-7-4-14(21)5-8-16/h4-9,12-13H,10-11H2,1-3H3,(H,22,24). The molecule has 8 heteroatoms. The summed E-state index contributed by atoms with van der Waals surface area (Å²) in [5.74, 6) is 0.196. The van der Waals surface area contributed by atoms with Gasteiger partial charge in [-0.25, -0.2) is 4.39 Å². The van der Waals surface area contributed by atoms with Crippen molar-refractivity contribution >= 4 is 29.3 Å². The number of halogens is 1. The summed E-state index contributed by atoms with van der Waals surface area (Å²) < 4.78 is 28.4. The lowest BCUT2D eigenvalue weighted by Crippen LogP contribution is -2.30. The Morgan fingerprint density at radius 1 is 1.11 bits per heavy atom. The zero-order chi connectivity index (χ0) is 20.5. The number of nitrogens with one attached hydrogen (secondary N) is 1. The summed E-state index contributed by atoms with van der Waals surface area (Å²) in [7, 11) is 3.00. The summed E-state index contributed by atoms with van der Waals surface area (Å²) in [6.45, 7) is 1.49. The average molecular weight is 407 g/mol. The number of hydrogen-bond donors (Lipinski definition) is 1. The van der Waals surface area contributed by atoms with Gasteiger partial charge in [0.25, 0.3) is 5.91 Å². The molecule has 0 bridgehead atoms. The van der Waals surface area contributed by atoms with Crippen LogP contribution in [0.3, 0.4) is 0 Å². The van der Waals surface area contributed by atoms with Gasteiger partial charge < -0.3 is 19.5 Å². The maximum atomic E-state index is 12.9. The van der Waals surface area contributed by atoms with Crippen molar-refractivity contribution in [1.29, 1.82) is 0 Å². The Hall–Kier alpha value is -2.74. The van der Waals surface area contributed by atoms with Crippen molar-refractivity contribution in [2.75, 3.05) is 25.3 Å². The summed E-state index contributed by atoms with van der Waals surface area (Å²) >= 11 is 1.41. The predicted molar refractivity (Wildman–Crippen MR) is 105 cm³/mol. The Bertz CT molecular complexity index is 813. The molecule has 0 aliphatic carbocycles. The smallest absolute Gasteiger partial charge is 0.307 e. The lowest BCUT2D eigenvalue weighted by Gasteiger charge is -2.16. The van der Waals surface area contributed by atoms with Crippen molar-refractivity contribution < 1.29 is 28.2 Å². The van der Waals surface area contributed by atoms with Gasteiger partial charge in [0.2, 0.25) is 0 Å². The summed E-state index contributed by atoms with van der Waals surface area (Å²) in [6.07, 6.45) is -0.846. The van der Waals surface area contributed by atoms with Gasteiger partial charge in [0.1, 0.15) is 17.3 Å². The molecule has 0 heterocycles. The molecule has 0 aliphatic heterocycles. The molecule has 150 valence electrons. The van der Waals surface area contributed by atoms with E-state index in [2.05, 4.69) is 5.32 Å². The fraction of sp³-hybridized carbons (Fsp3) is 0.300. The minimum Gasteiger partial charge on any atom is -0.497 e. The maximum Gasteiger partial charge on any atom is 0.307 e. The van der Waals surface area contributed by atoms with Crippen LogP contribution in [-0.2, 0) is 14.3 Å². The summed E-state index contributed by atoms with van der Waals surface area (Å²) in [5, 5.41) is 2.67. The highest BCUT2D eigenvalue weighted by Crippen LogP contribution is 2.29. The van der Waals surface area contributed by atoms with Crippen LogP contribution < -0.4 is 14.8 Å². The fourth-order valence-corrected chi connectivity index (χ4v) is 3.07. The van der Waals surface area contributed by atoms with E-state index in [1.807, 2.05) is 0 Å². The molecule has 0 spiro atoms. The highest BCUT2D eigenvalue weighted by atomic mass is 32.2. The van der Waals surface area contributed by atoms with Gasteiger partial charge in [0.05, 0.1) is 26.3 Å². The van der Waals surface area contributed by atoms with E-state index >= 15 is 0 Å². The molecule has 1 atom stereocenters. The molecular weight excluding hydrogens is 385 g/mol. The molecular formula is C20H22FNO5S. The average Bonchev–Trinajstić information content (AvgIpc) is 2.69. The lowest BCUT2D eigenvalue weighted by molar-refractivity contribution is -0.152. The van der Waals surface area contributed by atoms with Gasteiger partial charge in [-0.15, -0.1) is 11.8 Å². The van der Waals surface area contributed by atoms with Crippen molar-refractivity contribution in [2.45, 2.75) is 24.3 Å². The van der Waals surface area contributed by atoms with E-state index in [0.717, 1.165) is 4.90 Å². The first-order chi connectivity index (χ1) is 13.4. The van der Waals surface area contributed by atoms with E-state index in [9.17, 15) is 14.0 Å². The Balaban J connectivity index is 1.82. The zero-order valence-electron chi connectivity index (χ0n) is 15.9. The molecule has 1 amide bonds. The number of thioether (sulfide) groups is 1. The van der Waals surface area contributed by atoms with E-state index in [-0.39, 0.29) is 12.2 Å². The second-order valence-corrected chi connectivity index (χ2v) is 6.91. The van der Waals surface area contributed by atoms with E-state index in [1.165, 1.54) is 45.0 Å². The van der Waals surface area contributed by atoms with Crippen LogP contribution in [0.15, 0.2) is 47.4 Å². The van der Waals surface area contributed by atoms with Crippen molar-refractivity contribution in [3.8, 4) is 11.5 Å². The first-order valence-electron chi connectivity index (χ1n) is 8.53. The molecule has 0 fully saturated rings. The summed E-state index contributed by atoms with van der Waals surface area (Å²) in [4.78, 5) is 25.1. The second-order valence-electron chi connectivity index (χ2n) is 5.74. The zero-order valence-corrected chi connectivity index (χ0v) is 16.7. The van der Waals surface area contributed by atoms with E-state index in [1.54, 1.807) is 30.3 Å². The number of ether oxygens (including phenoxy) is 3. The van der Waals surface area contributed by atoms with Gasteiger partial charge >= 0.3 is 5.97 Å². The number of amides is 1. The molecule has 0 saturated carbocycles. The Morgan fingerprint density at radius 2 is 1.82 bits per heavy atom. The van der Waals surface area contributed by atoms with E-state index in [0.29, 0.717) is 22.9 Å². The summed E-state index contributed by atoms with van der Waals surface area (Å²) in [5.41, 5.74) is 0.418. The molecule has 2 aromatic carbocycles. The highest BCUT2D eigenvalue weighted by molar-refractivity contribution is 7.99. The van der Waals surface area contributed by atoms with E-state index in [4.69, 9.17) is 14.2 Å². The van der Waals surface area contributed by atoms with Crippen molar-refractivity contribution in [3.63, 3.8) is 0 Å². The molecule has 6 nitrogen and oxygen atoms in total. The summed E-state index contributed by atoms with van der Waals surface area (Å²) in [6, 6.07) is 11.0. The lowest BCUT2D eigenvalue weighted by atomic mass is 10.2. The highest BCUT2D eigenvalue weighted by Gasteiger charge is 2.19. The topological polar surface area (TPSA) is 73.9 Å². The van der Waals surface area contributed by atoms with Crippen molar-refractivity contribution in [1.82, 2.24) is 0 Å². The molecule has 28 heavy (non-hydrogen) atoms. The van der Waals surface area contributed by atoms with Crippen LogP contribution in [0.5, 0.6) is 11.5 Å². The maximum absolute atomic E-state index is 12.9. The molecule has 0 saturated heterocycles. The van der Waals surface area contributed by atoms with Crippen LogP contribution in [0, 0.1) is 5.82 Å². The third-order valence-electron chi connectivity index (χ3n) is 3.73. The number of esters is 1. The Morgan fingerprint density at radius 3 is 2.46 bits per heavy atom. The van der Waals surface area contributed by atoms with Crippen LogP contribution in [0.1, 0.15) is 13.3 Å². The van der Waals surface area contributed by atoms with Gasteiger partial charge in [-0.2, -0.15) is 0 Å². The second kappa shape index (κ2) is 10.6. The van der Waals surface area contributed by atoms with Crippen molar-refractivity contribution in [2.24, 2.45) is 0 Å². The third-order valence-corrected chi connectivity index (χ3v) is 4.74. The largest absolute Gasteiger partial charge is 0.497 e. The first-order valence-corrected chi connectivity index (χ1v) is 9.52. The predicted octanol–water partition coefficient (Wildman–Crippen LogP) is 3.90. The van der Waals surface area contributed by atoms with Gasteiger partial charge in [0, 0.05) is 16.7 Å². The monoisotopic (exact) mass is 407 g/mol. The number of rotatable bonds is 9. The molecule has 2 rings (SSSR count). The number of hydrogen-bond acceptors (Lipinski definition) is 6. The molecule has 2 aromatic rings. The fourth-order valence-electron chi connectivity index (χ4n) is 2.24. The van der Waals surface area contributed by atoms with Gasteiger partial charge in [0.15, 0.2) is 6.10 Å². The van der Waals surface area contributed by atoms with Crippen LogP contribution in [-0.4, -0.2) is 38.0 Å². The first kappa shape index (κ1) is 21.6. The minimum absolute atomic E-state index is 0.127. The van der Waals surface area contributed by atoms with Gasteiger partial charge in [-0.05, 0) is 43.3 Å². The van der Waals surface area contributed by atoms with Crippen LogP contribution in [0.25, 0.3) is 0 Å². The van der Waals surface area contributed by atoms with Crippen LogP contribution in [0.4, 0.5) is 10.1 Å². The molecule has 0 radical (unpaired) electrons. The minimum atomic E-state index is -0.973. The normalized spacial score (nSPS) is 11.4. The number of carbonyl (C=O) groups is 2. The van der Waals surface area contributed by atoms with Gasteiger partial charge in [-0.1, -0.05) is 0 Å². The molecule has 1 N–H and O–H groups in total. The number of carbonyl (C=O) groups excluding carboxylic acids is 2. The molecule has 0 aliphatic rings. The Labute approximate surface area is 167 Å². The van der Waals surface area contributed by atoms with E-state index < -0.39 is 18.0 Å². The number of anilines is 1. The van der Waals surface area contributed by atoms with Gasteiger partial charge in [-0.3, -0.25) is 9.59 Å². The van der Waals surface area contributed by atoms with Crippen molar-refractivity contribution in [3.05, 3.63) is 48.3 Å².